The standard InChI is InChI=1S/C19H16N4O2/c24-16-11-12-18(25)17(13-16)19-20-22(14-7-3-1-4-8-14)23(21-19)15-9-5-2-6-10-15/h1-13,24-25H,(H,20,21). The first kappa shape index (κ1) is 14.9. The minimum atomic E-state index is 0.0342. The number of amidine groups is 1. The van der Waals surface area contributed by atoms with Crippen molar-refractivity contribution in [2.75, 3.05) is 10.2 Å². The van der Waals surface area contributed by atoms with Crippen molar-refractivity contribution >= 4 is 17.2 Å². The number of aromatic hydroxyl groups is 2. The molecule has 6 heteroatoms. The van der Waals surface area contributed by atoms with Crippen LogP contribution in [0.3, 0.4) is 0 Å². The minimum absolute atomic E-state index is 0.0342. The Morgan fingerprint density at radius 1 is 0.760 bits per heavy atom. The van der Waals surface area contributed by atoms with E-state index in [1.807, 2.05) is 60.7 Å². The molecule has 3 aromatic carbocycles. The van der Waals surface area contributed by atoms with Crippen LogP contribution in [0.25, 0.3) is 0 Å². The second-order valence-electron chi connectivity index (χ2n) is 5.53. The van der Waals surface area contributed by atoms with Crippen molar-refractivity contribution in [3.05, 3.63) is 84.4 Å². The monoisotopic (exact) mass is 332 g/mol. The van der Waals surface area contributed by atoms with Gasteiger partial charge in [-0.05, 0) is 42.5 Å². The highest BCUT2D eigenvalue weighted by atomic mass is 16.3. The van der Waals surface area contributed by atoms with Gasteiger partial charge in [-0.2, -0.15) is 10.2 Å². The largest absolute Gasteiger partial charge is 0.508 e. The predicted molar refractivity (Wildman–Crippen MR) is 97.3 cm³/mol. The lowest BCUT2D eigenvalue weighted by Gasteiger charge is -2.27. The van der Waals surface area contributed by atoms with Gasteiger partial charge in [-0.1, -0.05) is 36.4 Å². The normalized spacial score (nSPS) is 13.5. The van der Waals surface area contributed by atoms with Crippen LogP contribution in [-0.2, 0) is 0 Å². The fourth-order valence-electron chi connectivity index (χ4n) is 2.61. The van der Waals surface area contributed by atoms with E-state index in [9.17, 15) is 10.2 Å². The van der Waals surface area contributed by atoms with Gasteiger partial charge in [0.05, 0.1) is 16.9 Å². The Morgan fingerprint density at radius 3 is 2.08 bits per heavy atom. The molecule has 3 N–H and O–H groups in total. The number of hydrazine groups is 2. The van der Waals surface area contributed by atoms with Gasteiger partial charge in [0.25, 0.3) is 0 Å². The number of benzene rings is 3. The summed E-state index contributed by atoms with van der Waals surface area (Å²) in [5, 5.41) is 27.9. The van der Waals surface area contributed by atoms with E-state index in [-0.39, 0.29) is 11.5 Å². The minimum Gasteiger partial charge on any atom is -0.508 e. The zero-order valence-electron chi connectivity index (χ0n) is 13.2. The van der Waals surface area contributed by atoms with Gasteiger partial charge in [-0.15, -0.1) is 5.10 Å². The van der Waals surface area contributed by atoms with Crippen molar-refractivity contribution in [3.8, 4) is 11.5 Å². The highest BCUT2D eigenvalue weighted by Crippen LogP contribution is 2.29. The highest BCUT2D eigenvalue weighted by molar-refractivity contribution is 6.04. The highest BCUT2D eigenvalue weighted by Gasteiger charge is 2.27. The predicted octanol–water partition coefficient (Wildman–Crippen LogP) is 3.21. The van der Waals surface area contributed by atoms with Crippen LogP contribution in [0, 0.1) is 0 Å². The molecule has 0 aliphatic carbocycles. The molecule has 0 amide bonds. The molecule has 0 atom stereocenters. The van der Waals surface area contributed by atoms with Crippen LogP contribution < -0.4 is 15.7 Å². The molecule has 1 aliphatic rings. The smallest absolute Gasteiger partial charge is 0.180 e. The van der Waals surface area contributed by atoms with E-state index in [4.69, 9.17) is 0 Å². The van der Waals surface area contributed by atoms with E-state index in [1.54, 1.807) is 10.2 Å². The molecule has 6 nitrogen and oxygen atoms in total. The van der Waals surface area contributed by atoms with Crippen molar-refractivity contribution in [2.24, 2.45) is 5.10 Å². The van der Waals surface area contributed by atoms with Gasteiger partial charge in [0.2, 0.25) is 0 Å². The Balaban J connectivity index is 1.79. The van der Waals surface area contributed by atoms with Crippen LogP contribution in [-0.4, -0.2) is 16.0 Å². The zero-order valence-corrected chi connectivity index (χ0v) is 13.2. The van der Waals surface area contributed by atoms with Crippen molar-refractivity contribution in [1.82, 2.24) is 5.43 Å². The Kier molecular flexibility index (Phi) is 3.63. The molecule has 1 heterocycles. The molecule has 0 saturated carbocycles. The number of phenols is 2. The fraction of sp³-hybridized carbons (Fsp3) is 0. The molecular weight excluding hydrogens is 316 g/mol. The molecule has 25 heavy (non-hydrogen) atoms. The second-order valence-corrected chi connectivity index (χ2v) is 5.53. The second kappa shape index (κ2) is 6.09. The molecule has 0 radical (unpaired) electrons. The molecule has 4 rings (SSSR count). The van der Waals surface area contributed by atoms with Gasteiger partial charge in [0, 0.05) is 0 Å². The first-order chi connectivity index (χ1) is 12.2. The van der Waals surface area contributed by atoms with Crippen LogP contribution >= 0.6 is 0 Å². The maximum Gasteiger partial charge on any atom is 0.180 e. The molecule has 0 aromatic heterocycles. The van der Waals surface area contributed by atoms with E-state index in [2.05, 4.69) is 10.5 Å². The quantitative estimate of drug-likeness (QED) is 0.643. The lowest BCUT2D eigenvalue weighted by atomic mass is 10.2. The first-order valence-electron chi connectivity index (χ1n) is 7.80. The van der Waals surface area contributed by atoms with Gasteiger partial charge in [0.15, 0.2) is 5.84 Å². The number of hydrogen-bond acceptors (Lipinski definition) is 6. The van der Waals surface area contributed by atoms with E-state index >= 15 is 0 Å². The zero-order chi connectivity index (χ0) is 17.2. The third-order valence-corrected chi connectivity index (χ3v) is 3.82. The van der Waals surface area contributed by atoms with Gasteiger partial charge in [0.1, 0.15) is 11.5 Å². The SMILES string of the molecule is Oc1ccc(O)c(C2=NN(c3ccccc3)N(c3ccccc3)N2)c1. The van der Waals surface area contributed by atoms with Crippen molar-refractivity contribution in [2.45, 2.75) is 0 Å². The number of hydrazone groups is 1. The summed E-state index contributed by atoms with van der Waals surface area (Å²) in [5.41, 5.74) is 5.33. The van der Waals surface area contributed by atoms with Crippen LogP contribution in [0.15, 0.2) is 84.0 Å². The Hall–Kier alpha value is -3.67. The lowest BCUT2D eigenvalue weighted by molar-refractivity contribution is 0.459. The van der Waals surface area contributed by atoms with Crippen molar-refractivity contribution < 1.29 is 10.2 Å². The number of hydrogen-bond donors (Lipinski definition) is 3. The number of phenolic OH excluding ortho intramolecular Hbond substituents is 2. The summed E-state index contributed by atoms with van der Waals surface area (Å²) in [6, 6.07) is 23.7. The van der Waals surface area contributed by atoms with Crippen LogP contribution in [0.5, 0.6) is 11.5 Å². The summed E-state index contributed by atoms with van der Waals surface area (Å²) in [6.07, 6.45) is 0. The molecule has 0 unspecified atom stereocenters. The molecule has 0 bridgehead atoms. The lowest BCUT2D eigenvalue weighted by Crippen LogP contribution is -2.44. The number of rotatable bonds is 3. The molecule has 0 saturated heterocycles. The van der Waals surface area contributed by atoms with Crippen LogP contribution in [0.1, 0.15) is 5.56 Å². The number of nitrogens with one attached hydrogen (secondary N) is 1. The van der Waals surface area contributed by atoms with Crippen molar-refractivity contribution in [3.63, 3.8) is 0 Å². The summed E-state index contributed by atoms with van der Waals surface area (Å²) >= 11 is 0. The summed E-state index contributed by atoms with van der Waals surface area (Å²) in [5.74, 6) is 0.523. The maximum atomic E-state index is 10.1. The van der Waals surface area contributed by atoms with Gasteiger partial charge in [-0.3, -0.25) is 5.43 Å². The molecule has 0 spiro atoms. The average Bonchev–Trinajstić information content (AvgIpc) is 3.10. The summed E-state index contributed by atoms with van der Waals surface area (Å²) in [7, 11) is 0. The topological polar surface area (TPSA) is 71.3 Å². The molecule has 0 fully saturated rings. The van der Waals surface area contributed by atoms with Gasteiger partial charge >= 0.3 is 0 Å². The molecule has 1 aliphatic heterocycles. The Bertz CT molecular complexity index is 913. The molecule has 124 valence electrons. The van der Waals surface area contributed by atoms with Crippen molar-refractivity contribution in [1.29, 1.82) is 0 Å². The van der Waals surface area contributed by atoms with E-state index < -0.39 is 0 Å². The van der Waals surface area contributed by atoms with Gasteiger partial charge in [-0.25, -0.2) is 0 Å². The van der Waals surface area contributed by atoms with E-state index in [0.717, 1.165) is 11.4 Å². The Labute approximate surface area is 144 Å². The van der Waals surface area contributed by atoms with Crippen LogP contribution in [0.4, 0.5) is 11.4 Å². The molecule has 3 aromatic rings. The average molecular weight is 332 g/mol. The summed E-state index contributed by atoms with van der Waals surface area (Å²) in [4.78, 5) is 0. The van der Waals surface area contributed by atoms with E-state index in [1.165, 1.54) is 18.2 Å². The van der Waals surface area contributed by atoms with Gasteiger partial charge < -0.3 is 10.2 Å². The third kappa shape index (κ3) is 2.81. The van der Waals surface area contributed by atoms with E-state index in [0.29, 0.717) is 11.4 Å². The number of nitrogens with zero attached hydrogens (tertiary/aromatic N) is 3. The summed E-state index contributed by atoms with van der Waals surface area (Å²) in [6.45, 7) is 0. The number of anilines is 2. The maximum absolute atomic E-state index is 10.1. The Morgan fingerprint density at radius 2 is 1.40 bits per heavy atom. The first-order valence-corrected chi connectivity index (χ1v) is 7.80. The number of para-hydroxylation sites is 2. The summed E-state index contributed by atoms with van der Waals surface area (Å²) < 4.78 is 0. The fourth-order valence-corrected chi connectivity index (χ4v) is 2.61. The molecular formula is C19H16N4O2. The van der Waals surface area contributed by atoms with Crippen LogP contribution in [0.2, 0.25) is 0 Å². The third-order valence-electron chi connectivity index (χ3n) is 3.82.